The zero-order valence-corrected chi connectivity index (χ0v) is 26.8. The summed E-state index contributed by atoms with van der Waals surface area (Å²) < 4.78 is 29.4. The lowest BCUT2D eigenvalue weighted by Crippen LogP contribution is -2.35. The largest absolute Gasteiger partial charge is 0.313 e. The number of halogens is 2. The molecule has 218 valence electrons. The zero-order chi connectivity index (χ0) is 28.7. The van der Waals surface area contributed by atoms with Crippen LogP contribution in [0, 0.1) is 0 Å². The number of carbonyl (C=O) groups is 1. The number of nitrogens with zero attached hydrogens (tertiary/aromatic N) is 2. The Balaban J connectivity index is 0.00000353. The van der Waals surface area contributed by atoms with Gasteiger partial charge in [-0.3, -0.25) is 14.4 Å². The predicted molar refractivity (Wildman–Crippen MR) is 176 cm³/mol. The van der Waals surface area contributed by atoms with Crippen LogP contribution >= 0.6 is 46.7 Å². The molecule has 5 aromatic rings. The van der Waals surface area contributed by atoms with Crippen molar-refractivity contribution in [2.75, 3.05) is 16.6 Å². The fourth-order valence-electron chi connectivity index (χ4n) is 4.88. The number of sulfonamides is 1. The summed E-state index contributed by atoms with van der Waals surface area (Å²) in [6.45, 7) is 6.17. The maximum atomic E-state index is 13.6. The minimum absolute atomic E-state index is 0. The van der Waals surface area contributed by atoms with Crippen LogP contribution in [-0.4, -0.2) is 36.8 Å². The number of rotatable bonds is 7. The number of thiophene rings is 1. The Morgan fingerprint density at radius 2 is 1.79 bits per heavy atom. The fraction of sp³-hybridized carbons (Fsp3) is 0.200. The van der Waals surface area contributed by atoms with Gasteiger partial charge < -0.3 is 5.32 Å². The highest BCUT2D eigenvalue weighted by atomic mass is 35.5. The van der Waals surface area contributed by atoms with Crippen LogP contribution in [0.3, 0.4) is 0 Å². The van der Waals surface area contributed by atoms with Crippen molar-refractivity contribution in [1.82, 2.24) is 9.88 Å². The van der Waals surface area contributed by atoms with E-state index in [0.29, 0.717) is 16.6 Å². The number of aromatic nitrogens is 1. The van der Waals surface area contributed by atoms with Crippen LogP contribution in [0.1, 0.15) is 34.6 Å². The molecule has 0 aliphatic carbocycles. The number of amides is 1. The van der Waals surface area contributed by atoms with Gasteiger partial charge in [0.1, 0.15) is 10.0 Å². The molecule has 0 atom stereocenters. The first-order chi connectivity index (χ1) is 19.7. The lowest BCUT2D eigenvalue weighted by molar-refractivity contribution is 0.102. The Morgan fingerprint density at radius 1 is 1.02 bits per heavy atom. The summed E-state index contributed by atoms with van der Waals surface area (Å²) in [6.07, 6.45) is 0.882. The third kappa shape index (κ3) is 6.20. The molecule has 12 heteroatoms. The topological polar surface area (TPSA) is 91.4 Å². The van der Waals surface area contributed by atoms with Gasteiger partial charge in [0.2, 0.25) is 0 Å². The number of hydrogen-bond donors (Lipinski definition) is 2. The number of nitrogens with one attached hydrogen (secondary N) is 2. The van der Waals surface area contributed by atoms with Gasteiger partial charge in [0.05, 0.1) is 15.1 Å². The van der Waals surface area contributed by atoms with Crippen molar-refractivity contribution < 1.29 is 13.2 Å². The monoisotopic (exact) mass is 658 g/mol. The van der Waals surface area contributed by atoms with Crippen LogP contribution in [-0.2, 0) is 23.0 Å². The van der Waals surface area contributed by atoms with E-state index >= 15 is 0 Å². The standard InChI is InChI=1S/C30H27ClN4O3S3.ClH/c1-18(2)35-15-14-23-26(17-35)40-30(27(23)29-32-24-8-3-4-9-25(24)39-29)33-28(36)19-6-5-7-21(16-19)34-41(37,38)22-12-10-20(31)11-13-22;/h3-13,16,18,34H,14-15,17H2,1-2H3,(H,33,36);1H. The number of fused-ring (bicyclic) bond motifs is 2. The lowest BCUT2D eigenvalue weighted by atomic mass is 10.0. The van der Waals surface area contributed by atoms with E-state index in [-0.39, 0.29) is 28.9 Å². The first kappa shape index (κ1) is 30.5. The SMILES string of the molecule is CC(C)N1CCc2c(sc(NC(=O)c3cccc(NS(=O)(=O)c4ccc(Cl)cc4)c3)c2-c2nc3ccccc3s2)C1.Cl. The average Bonchev–Trinajstić information content (AvgIpc) is 3.53. The maximum Gasteiger partial charge on any atom is 0.261 e. The molecule has 7 nitrogen and oxygen atoms in total. The molecule has 3 aromatic carbocycles. The molecule has 0 radical (unpaired) electrons. The summed E-state index contributed by atoms with van der Waals surface area (Å²) in [5, 5.41) is 5.23. The van der Waals surface area contributed by atoms with Crippen LogP contribution in [0.4, 0.5) is 10.7 Å². The van der Waals surface area contributed by atoms with Gasteiger partial charge in [-0.15, -0.1) is 35.1 Å². The molecule has 1 aliphatic heterocycles. The van der Waals surface area contributed by atoms with Crippen molar-refractivity contribution in [3.63, 3.8) is 0 Å². The van der Waals surface area contributed by atoms with E-state index < -0.39 is 10.0 Å². The second-order valence-electron chi connectivity index (χ2n) is 10.1. The molecule has 3 heterocycles. The molecular formula is C30H28Cl2N4O3S3. The van der Waals surface area contributed by atoms with E-state index in [1.807, 2.05) is 18.2 Å². The summed E-state index contributed by atoms with van der Waals surface area (Å²) in [5.74, 6) is -0.320. The number of para-hydroxylation sites is 1. The van der Waals surface area contributed by atoms with Crippen molar-refractivity contribution in [1.29, 1.82) is 0 Å². The highest BCUT2D eigenvalue weighted by molar-refractivity contribution is 7.92. The van der Waals surface area contributed by atoms with Gasteiger partial charge in [0.15, 0.2) is 0 Å². The summed E-state index contributed by atoms with van der Waals surface area (Å²) in [5.41, 5.74) is 3.79. The number of hydrogen-bond acceptors (Lipinski definition) is 7. The molecule has 2 aromatic heterocycles. The van der Waals surface area contributed by atoms with Gasteiger partial charge >= 0.3 is 0 Å². The fourth-order valence-corrected chi connectivity index (χ4v) is 8.44. The number of carbonyl (C=O) groups excluding carboxylic acids is 1. The third-order valence-electron chi connectivity index (χ3n) is 7.05. The van der Waals surface area contributed by atoms with E-state index in [4.69, 9.17) is 16.6 Å². The number of benzene rings is 3. The van der Waals surface area contributed by atoms with Gasteiger partial charge in [0, 0.05) is 45.8 Å². The molecule has 1 aliphatic rings. The summed E-state index contributed by atoms with van der Waals surface area (Å²) >= 11 is 9.12. The predicted octanol–water partition coefficient (Wildman–Crippen LogP) is 7.92. The van der Waals surface area contributed by atoms with Crippen molar-refractivity contribution in [3.8, 4) is 10.6 Å². The van der Waals surface area contributed by atoms with Crippen LogP contribution in [0.5, 0.6) is 0 Å². The quantitative estimate of drug-likeness (QED) is 0.185. The van der Waals surface area contributed by atoms with Crippen molar-refractivity contribution >= 4 is 83.5 Å². The lowest BCUT2D eigenvalue weighted by Gasteiger charge is -2.30. The van der Waals surface area contributed by atoms with Crippen LogP contribution in [0.2, 0.25) is 5.02 Å². The van der Waals surface area contributed by atoms with E-state index in [9.17, 15) is 13.2 Å². The molecule has 42 heavy (non-hydrogen) atoms. The Bertz CT molecular complexity index is 1840. The van der Waals surface area contributed by atoms with Crippen molar-refractivity contribution in [2.24, 2.45) is 0 Å². The summed E-state index contributed by atoms with van der Waals surface area (Å²) in [7, 11) is -3.85. The third-order valence-corrected chi connectivity index (χ3v) is 10.9. The Kier molecular flexibility index (Phi) is 8.94. The number of anilines is 2. The van der Waals surface area contributed by atoms with Gasteiger partial charge in [-0.2, -0.15) is 0 Å². The molecule has 2 N–H and O–H groups in total. The van der Waals surface area contributed by atoms with Crippen molar-refractivity contribution in [3.05, 3.63) is 93.8 Å². The van der Waals surface area contributed by atoms with Gasteiger partial charge in [-0.05, 0) is 80.4 Å². The number of thiazole rings is 1. The maximum absolute atomic E-state index is 13.6. The first-order valence-electron chi connectivity index (χ1n) is 13.1. The molecule has 0 saturated heterocycles. The van der Waals surface area contributed by atoms with E-state index in [0.717, 1.165) is 45.3 Å². The molecule has 0 spiro atoms. The van der Waals surface area contributed by atoms with Gasteiger partial charge in [0.25, 0.3) is 15.9 Å². The van der Waals surface area contributed by atoms with Gasteiger partial charge in [-0.1, -0.05) is 29.8 Å². The molecule has 0 saturated carbocycles. The van der Waals surface area contributed by atoms with E-state index in [1.54, 1.807) is 40.9 Å². The van der Waals surface area contributed by atoms with Crippen LogP contribution in [0.15, 0.2) is 77.7 Å². The minimum Gasteiger partial charge on any atom is -0.313 e. The minimum atomic E-state index is -3.85. The molecule has 0 fully saturated rings. The Morgan fingerprint density at radius 3 is 2.52 bits per heavy atom. The van der Waals surface area contributed by atoms with E-state index in [1.165, 1.54) is 40.8 Å². The highest BCUT2D eigenvalue weighted by Crippen LogP contribution is 2.46. The van der Waals surface area contributed by atoms with E-state index in [2.05, 4.69) is 34.9 Å². The second-order valence-corrected chi connectivity index (χ2v) is 14.4. The van der Waals surface area contributed by atoms with Gasteiger partial charge in [-0.25, -0.2) is 13.4 Å². The molecular weight excluding hydrogens is 631 g/mol. The summed E-state index contributed by atoms with van der Waals surface area (Å²) in [4.78, 5) is 22.2. The molecule has 0 bridgehead atoms. The Labute approximate surface area is 264 Å². The molecule has 6 rings (SSSR count). The first-order valence-corrected chi connectivity index (χ1v) is 16.6. The molecule has 0 unspecified atom stereocenters. The van der Waals surface area contributed by atoms with Crippen LogP contribution in [0.25, 0.3) is 20.8 Å². The smallest absolute Gasteiger partial charge is 0.261 e. The highest BCUT2D eigenvalue weighted by Gasteiger charge is 2.29. The average molecular weight is 660 g/mol. The summed E-state index contributed by atoms with van der Waals surface area (Å²) in [6, 6.07) is 20.8. The second kappa shape index (κ2) is 12.3. The Hall–Kier alpha value is -2.99. The normalized spacial score (nSPS) is 13.5. The zero-order valence-electron chi connectivity index (χ0n) is 22.8. The van der Waals surface area contributed by atoms with Crippen molar-refractivity contribution in [2.45, 2.75) is 37.8 Å². The van der Waals surface area contributed by atoms with Crippen LogP contribution < -0.4 is 10.0 Å². The molecule has 1 amide bonds.